The van der Waals surface area contributed by atoms with E-state index in [1.165, 1.54) is 5.56 Å². The van der Waals surface area contributed by atoms with Gasteiger partial charge in [0.05, 0.1) is 6.04 Å². The molecule has 0 radical (unpaired) electrons. The summed E-state index contributed by atoms with van der Waals surface area (Å²) in [7, 11) is 0. The molecule has 102 valence electrons. The quantitative estimate of drug-likeness (QED) is 0.779. The molecule has 0 aliphatic rings. The molecular formula is C16H17N3O. The molecule has 3 rings (SSSR count). The Kier molecular flexibility index (Phi) is 3.14. The molecule has 4 heteroatoms. The molecule has 0 amide bonds. The molecule has 0 bridgehead atoms. The van der Waals surface area contributed by atoms with Gasteiger partial charge in [-0.25, -0.2) is 9.97 Å². The van der Waals surface area contributed by atoms with E-state index in [0.717, 1.165) is 28.2 Å². The topological polar surface area (TPSA) is 51.0 Å². The third-order valence-corrected chi connectivity index (χ3v) is 3.44. The molecule has 3 aromatic rings. The van der Waals surface area contributed by atoms with E-state index >= 15 is 0 Å². The first kappa shape index (κ1) is 12.7. The first-order valence-corrected chi connectivity index (χ1v) is 6.68. The van der Waals surface area contributed by atoms with Gasteiger partial charge in [0, 0.05) is 22.7 Å². The summed E-state index contributed by atoms with van der Waals surface area (Å²) in [6.45, 7) is 6.11. The van der Waals surface area contributed by atoms with E-state index in [2.05, 4.69) is 35.2 Å². The number of fused-ring (bicyclic) bond motifs is 1. The lowest BCUT2D eigenvalue weighted by Crippen LogP contribution is -2.08. The number of rotatable bonds is 3. The summed E-state index contributed by atoms with van der Waals surface area (Å²) < 4.78 is 5.96. The molecule has 4 nitrogen and oxygen atoms in total. The Bertz CT molecular complexity index is 748. The number of para-hydroxylation sites is 1. The van der Waals surface area contributed by atoms with Crippen LogP contribution in [0.15, 0.2) is 41.1 Å². The predicted octanol–water partition coefficient (Wildman–Crippen LogP) is 4.01. The minimum Gasteiger partial charge on any atom is -0.459 e. The van der Waals surface area contributed by atoms with Crippen LogP contribution >= 0.6 is 0 Å². The number of furan rings is 1. The van der Waals surface area contributed by atoms with E-state index in [1.807, 2.05) is 31.2 Å². The van der Waals surface area contributed by atoms with Crippen LogP contribution in [0.3, 0.4) is 0 Å². The van der Waals surface area contributed by atoms with Gasteiger partial charge in [-0.1, -0.05) is 18.2 Å². The van der Waals surface area contributed by atoms with E-state index in [-0.39, 0.29) is 6.04 Å². The number of anilines is 1. The average Bonchev–Trinajstić information content (AvgIpc) is 2.77. The maximum Gasteiger partial charge on any atom is 0.134 e. The van der Waals surface area contributed by atoms with E-state index in [1.54, 1.807) is 6.33 Å². The first-order chi connectivity index (χ1) is 9.65. The molecule has 0 aliphatic carbocycles. The highest BCUT2D eigenvalue weighted by atomic mass is 16.3. The van der Waals surface area contributed by atoms with Crippen molar-refractivity contribution in [3.63, 3.8) is 0 Å². The number of aryl methyl sites for hydroxylation is 2. The number of benzene rings is 1. The van der Waals surface area contributed by atoms with Gasteiger partial charge in [0.1, 0.15) is 23.5 Å². The Morgan fingerprint density at radius 1 is 1.15 bits per heavy atom. The predicted molar refractivity (Wildman–Crippen MR) is 79.8 cm³/mol. The lowest BCUT2D eigenvalue weighted by Gasteiger charge is -2.13. The highest BCUT2D eigenvalue weighted by molar-refractivity contribution is 5.82. The maximum absolute atomic E-state index is 5.96. The van der Waals surface area contributed by atoms with Gasteiger partial charge in [0.2, 0.25) is 0 Å². The summed E-state index contributed by atoms with van der Waals surface area (Å²) >= 11 is 0. The van der Waals surface area contributed by atoms with Crippen LogP contribution < -0.4 is 5.32 Å². The van der Waals surface area contributed by atoms with E-state index < -0.39 is 0 Å². The normalized spacial score (nSPS) is 12.6. The van der Waals surface area contributed by atoms with Crippen LogP contribution in [0.5, 0.6) is 0 Å². The molecule has 1 N–H and O–H groups in total. The van der Waals surface area contributed by atoms with Crippen LogP contribution in [0.25, 0.3) is 11.0 Å². The minimum absolute atomic E-state index is 0.0525. The maximum atomic E-state index is 5.96. The minimum atomic E-state index is 0.0525. The fourth-order valence-corrected chi connectivity index (χ4v) is 2.43. The highest BCUT2D eigenvalue weighted by Crippen LogP contribution is 2.30. The molecule has 0 saturated heterocycles. The molecule has 1 unspecified atom stereocenters. The molecule has 0 aliphatic heterocycles. The second kappa shape index (κ2) is 4.96. The smallest absolute Gasteiger partial charge is 0.134 e. The Morgan fingerprint density at radius 3 is 2.70 bits per heavy atom. The van der Waals surface area contributed by atoms with Crippen LogP contribution in [-0.4, -0.2) is 9.97 Å². The van der Waals surface area contributed by atoms with Crippen LogP contribution in [0.1, 0.15) is 30.0 Å². The summed E-state index contributed by atoms with van der Waals surface area (Å²) in [6, 6.07) is 10.1. The average molecular weight is 267 g/mol. The second-order valence-electron chi connectivity index (χ2n) is 5.00. The molecule has 1 aromatic carbocycles. The molecule has 0 fully saturated rings. The summed E-state index contributed by atoms with van der Waals surface area (Å²) in [5.74, 6) is 1.76. The van der Waals surface area contributed by atoms with Gasteiger partial charge >= 0.3 is 0 Å². The third-order valence-electron chi connectivity index (χ3n) is 3.44. The fourth-order valence-electron chi connectivity index (χ4n) is 2.43. The number of nitrogens with one attached hydrogen (secondary N) is 1. The van der Waals surface area contributed by atoms with Crippen molar-refractivity contribution in [1.29, 1.82) is 0 Å². The Balaban J connectivity index is 1.92. The van der Waals surface area contributed by atoms with Crippen LogP contribution in [0.2, 0.25) is 0 Å². The van der Waals surface area contributed by atoms with Crippen molar-refractivity contribution >= 4 is 16.8 Å². The van der Waals surface area contributed by atoms with Crippen LogP contribution in [0, 0.1) is 13.8 Å². The molecular weight excluding hydrogens is 250 g/mol. The van der Waals surface area contributed by atoms with E-state index in [0.29, 0.717) is 0 Å². The van der Waals surface area contributed by atoms with Gasteiger partial charge in [-0.15, -0.1) is 0 Å². The largest absolute Gasteiger partial charge is 0.459 e. The third kappa shape index (κ3) is 2.25. The molecule has 0 spiro atoms. The van der Waals surface area contributed by atoms with Crippen molar-refractivity contribution in [3.8, 4) is 0 Å². The molecule has 1 atom stereocenters. The second-order valence-corrected chi connectivity index (χ2v) is 5.00. The Labute approximate surface area is 117 Å². The van der Waals surface area contributed by atoms with E-state index in [4.69, 9.17) is 4.42 Å². The monoisotopic (exact) mass is 267 g/mol. The summed E-state index contributed by atoms with van der Waals surface area (Å²) in [5, 5.41) is 4.52. The van der Waals surface area contributed by atoms with Crippen molar-refractivity contribution < 1.29 is 4.42 Å². The van der Waals surface area contributed by atoms with Crippen molar-refractivity contribution in [2.75, 3.05) is 5.32 Å². The molecule has 2 heterocycles. The van der Waals surface area contributed by atoms with Crippen molar-refractivity contribution in [1.82, 2.24) is 9.97 Å². The summed E-state index contributed by atoms with van der Waals surface area (Å²) in [6.07, 6.45) is 1.57. The van der Waals surface area contributed by atoms with Crippen molar-refractivity contribution in [2.45, 2.75) is 26.8 Å². The van der Waals surface area contributed by atoms with Crippen molar-refractivity contribution in [3.05, 3.63) is 53.7 Å². The fraction of sp³-hybridized carbons (Fsp3) is 0.250. The van der Waals surface area contributed by atoms with Gasteiger partial charge < -0.3 is 9.73 Å². The molecule has 0 saturated carbocycles. The molecule has 20 heavy (non-hydrogen) atoms. The number of hydrogen-bond donors (Lipinski definition) is 1. The van der Waals surface area contributed by atoms with Gasteiger partial charge in [-0.2, -0.15) is 0 Å². The molecule has 2 aromatic heterocycles. The zero-order valence-electron chi connectivity index (χ0n) is 11.8. The van der Waals surface area contributed by atoms with Gasteiger partial charge in [-0.3, -0.25) is 0 Å². The van der Waals surface area contributed by atoms with Crippen molar-refractivity contribution in [2.24, 2.45) is 0 Å². The Morgan fingerprint density at radius 2 is 1.95 bits per heavy atom. The number of nitrogens with zero attached hydrogens (tertiary/aromatic N) is 2. The highest BCUT2D eigenvalue weighted by Gasteiger charge is 2.16. The van der Waals surface area contributed by atoms with E-state index in [9.17, 15) is 0 Å². The lowest BCUT2D eigenvalue weighted by atomic mass is 10.1. The SMILES string of the molecule is Cc1cc(NC(C)c2oc3ccccc3c2C)ncn1. The number of hydrogen-bond acceptors (Lipinski definition) is 4. The number of aromatic nitrogens is 2. The lowest BCUT2D eigenvalue weighted by molar-refractivity contribution is 0.521. The first-order valence-electron chi connectivity index (χ1n) is 6.68. The zero-order valence-corrected chi connectivity index (χ0v) is 11.8. The van der Waals surface area contributed by atoms with Gasteiger partial charge in [-0.05, 0) is 26.8 Å². The Hall–Kier alpha value is -2.36. The zero-order chi connectivity index (χ0) is 14.1. The standard InChI is InChI=1S/C16H17N3O/c1-10-8-15(18-9-17-10)19-12(3)16-11(2)13-6-4-5-7-14(13)20-16/h4-9,12H,1-3H3,(H,17,18,19). The van der Waals surface area contributed by atoms with Gasteiger partial charge in [0.25, 0.3) is 0 Å². The van der Waals surface area contributed by atoms with Crippen LogP contribution in [0.4, 0.5) is 5.82 Å². The van der Waals surface area contributed by atoms with Gasteiger partial charge in [0.15, 0.2) is 0 Å². The van der Waals surface area contributed by atoms with Crippen LogP contribution in [-0.2, 0) is 0 Å². The summed E-state index contributed by atoms with van der Waals surface area (Å²) in [4.78, 5) is 8.32. The summed E-state index contributed by atoms with van der Waals surface area (Å²) in [5.41, 5.74) is 3.04.